The van der Waals surface area contributed by atoms with Crippen LogP contribution in [0.5, 0.6) is 0 Å². The van der Waals surface area contributed by atoms with E-state index in [4.69, 9.17) is 0 Å². The minimum atomic E-state index is -0.167. The van der Waals surface area contributed by atoms with E-state index in [1.807, 2.05) is 49.4 Å². The van der Waals surface area contributed by atoms with Gasteiger partial charge in [0, 0.05) is 32.0 Å². The van der Waals surface area contributed by atoms with Crippen LogP contribution in [0, 0.1) is 0 Å². The van der Waals surface area contributed by atoms with Crippen LogP contribution in [0.1, 0.15) is 50.7 Å². The third kappa shape index (κ3) is 4.96. The molecule has 0 atom stereocenters. The number of benzene rings is 1. The van der Waals surface area contributed by atoms with Crippen molar-refractivity contribution in [3.63, 3.8) is 0 Å². The van der Waals surface area contributed by atoms with Gasteiger partial charge in [0.05, 0.1) is 5.57 Å². The van der Waals surface area contributed by atoms with E-state index in [2.05, 4.69) is 16.8 Å². The first-order chi connectivity index (χ1) is 14.7. The van der Waals surface area contributed by atoms with Crippen molar-refractivity contribution in [3.8, 4) is 0 Å². The molecule has 0 fully saturated rings. The Bertz CT molecular complexity index is 878. The highest BCUT2D eigenvalue weighted by atomic mass is 16.2. The summed E-state index contributed by atoms with van der Waals surface area (Å²) in [6.07, 6.45) is 8.48. The molecule has 1 aliphatic rings. The quantitative estimate of drug-likeness (QED) is 0.413. The lowest BCUT2D eigenvalue weighted by molar-refractivity contribution is -0.137. The average Bonchev–Trinajstić information content (AvgIpc) is 3.03. The fourth-order valence-corrected chi connectivity index (χ4v) is 3.86. The summed E-state index contributed by atoms with van der Waals surface area (Å²) in [5, 5.41) is 0. The standard InChI is InChI=1S/C25H31N3O2/c1-3-5-6-10-18-28-24(29)22(21-11-8-7-9-12-21)23(25(28)30)27(4-2)19-15-20-13-16-26-17-14-20/h7-9,11-14,16-17H,3-6,10,15,18-19H2,1-2H3. The monoisotopic (exact) mass is 405 g/mol. The second-order valence-electron chi connectivity index (χ2n) is 7.60. The number of carbonyl (C=O) groups excluding carboxylic acids is 2. The first-order valence-electron chi connectivity index (χ1n) is 11.0. The molecule has 5 heteroatoms. The van der Waals surface area contributed by atoms with Crippen LogP contribution in [-0.2, 0) is 16.0 Å². The Hall–Kier alpha value is -2.95. The summed E-state index contributed by atoms with van der Waals surface area (Å²) in [6.45, 7) is 6.01. The highest BCUT2D eigenvalue weighted by Crippen LogP contribution is 2.32. The second kappa shape index (κ2) is 10.7. The van der Waals surface area contributed by atoms with E-state index < -0.39 is 0 Å². The van der Waals surface area contributed by atoms with E-state index >= 15 is 0 Å². The van der Waals surface area contributed by atoms with E-state index in [1.165, 1.54) is 10.5 Å². The summed E-state index contributed by atoms with van der Waals surface area (Å²) in [7, 11) is 0. The maximum Gasteiger partial charge on any atom is 0.277 e. The van der Waals surface area contributed by atoms with Gasteiger partial charge in [-0.1, -0.05) is 56.5 Å². The number of rotatable bonds is 11. The summed E-state index contributed by atoms with van der Waals surface area (Å²) in [4.78, 5) is 34.2. The van der Waals surface area contributed by atoms with E-state index in [-0.39, 0.29) is 11.8 Å². The molecule has 30 heavy (non-hydrogen) atoms. The number of pyridine rings is 1. The molecule has 158 valence electrons. The molecule has 0 saturated heterocycles. The molecule has 0 bridgehead atoms. The Balaban J connectivity index is 1.87. The third-order valence-corrected chi connectivity index (χ3v) is 5.56. The van der Waals surface area contributed by atoms with Gasteiger partial charge in [0.1, 0.15) is 5.70 Å². The van der Waals surface area contributed by atoms with E-state index in [0.29, 0.717) is 30.9 Å². The van der Waals surface area contributed by atoms with Crippen molar-refractivity contribution in [1.29, 1.82) is 0 Å². The predicted octanol–water partition coefficient (Wildman–Crippen LogP) is 4.31. The number of nitrogens with zero attached hydrogens (tertiary/aromatic N) is 3. The molecule has 3 rings (SSSR count). The molecule has 2 heterocycles. The van der Waals surface area contributed by atoms with Crippen LogP contribution < -0.4 is 0 Å². The zero-order chi connectivity index (χ0) is 21.3. The van der Waals surface area contributed by atoms with Gasteiger partial charge in [-0.15, -0.1) is 0 Å². The summed E-state index contributed by atoms with van der Waals surface area (Å²) in [5.41, 5.74) is 3.05. The first-order valence-corrected chi connectivity index (χ1v) is 11.0. The molecule has 1 aromatic carbocycles. The van der Waals surface area contributed by atoms with E-state index in [1.54, 1.807) is 12.4 Å². The highest BCUT2D eigenvalue weighted by Gasteiger charge is 2.40. The Kier molecular flexibility index (Phi) is 7.77. The maximum absolute atomic E-state index is 13.4. The fraction of sp³-hybridized carbons (Fsp3) is 0.400. The van der Waals surface area contributed by atoms with Gasteiger partial charge in [-0.05, 0) is 43.0 Å². The van der Waals surface area contributed by atoms with Crippen LogP contribution >= 0.6 is 0 Å². The largest absolute Gasteiger partial charge is 0.366 e. The Morgan fingerprint density at radius 1 is 0.900 bits per heavy atom. The predicted molar refractivity (Wildman–Crippen MR) is 119 cm³/mol. The minimum absolute atomic E-state index is 0.160. The zero-order valence-corrected chi connectivity index (χ0v) is 18.0. The molecule has 0 radical (unpaired) electrons. The van der Waals surface area contributed by atoms with Gasteiger partial charge in [-0.3, -0.25) is 19.5 Å². The molecule has 1 aliphatic heterocycles. The van der Waals surface area contributed by atoms with Gasteiger partial charge < -0.3 is 4.90 Å². The van der Waals surface area contributed by atoms with Gasteiger partial charge in [0.2, 0.25) is 0 Å². The maximum atomic E-state index is 13.4. The molecule has 0 N–H and O–H groups in total. The van der Waals surface area contributed by atoms with Crippen LogP contribution in [-0.4, -0.2) is 46.2 Å². The fourth-order valence-electron chi connectivity index (χ4n) is 3.86. The summed E-state index contributed by atoms with van der Waals surface area (Å²) in [5.74, 6) is -0.327. The van der Waals surface area contributed by atoms with Crippen LogP contribution in [0.25, 0.3) is 5.57 Å². The molecular weight excluding hydrogens is 374 g/mol. The van der Waals surface area contributed by atoms with Crippen molar-refractivity contribution in [2.45, 2.75) is 46.0 Å². The normalized spacial score (nSPS) is 14.0. The van der Waals surface area contributed by atoms with Crippen molar-refractivity contribution in [2.24, 2.45) is 0 Å². The lowest BCUT2D eigenvalue weighted by Crippen LogP contribution is -2.36. The molecule has 0 aliphatic carbocycles. The van der Waals surface area contributed by atoms with E-state index in [9.17, 15) is 9.59 Å². The molecule has 2 aromatic rings. The Morgan fingerprint density at radius 3 is 2.30 bits per heavy atom. The summed E-state index contributed by atoms with van der Waals surface area (Å²) < 4.78 is 0. The molecule has 2 amide bonds. The lowest BCUT2D eigenvalue weighted by atomic mass is 10.0. The molecular formula is C25H31N3O2. The molecule has 5 nitrogen and oxygen atoms in total. The van der Waals surface area contributed by atoms with Crippen molar-refractivity contribution in [3.05, 3.63) is 71.7 Å². The number of hydrogen-bond donors (Lipinski definition) is 0. The van der Waals surface area contributed by atoms with Crippen LogP contribution in [0.15, 0.2) is 60.6 Å². The number of likely N-dealkylation sites (N-methyl/N-ethyl adjacent to an activating group) is 1. The number of aromatic nitrogens is 1. The SMILES string of the molecule is CCCCCCN1C(=O)C(c2ccccc2)=C(N(CC)CCc2ccncc2)C1=O. The van der Waals surface area contributed by atoms with Gasteiger partial charge in [-0.25, -0.2) is 0 Å². The van der Waals surface area contributed by atoms with Crippen molar-refractivity contribution in [2.75, 3.05) is 19.6 Å². The van der Waals surface area contributed by atoms with Gasteiger partial charge >= 0.3 is 0 Å². The Labute approximate surface area is 179 Å². The van der Waals surface area contributed by atoms with Gasteiger partial charge in [-0.2, -0.15) is 0 Å². The van der Waals surface area contributed by atoms with E-state index in [0.717, 1.165) is 37.7 Å². The van der Waals surface area contributed by atoms with Crippen molar-refractivity contribution >= 4 is 17.4 Å². The van der Waals surface area contributed by atoms with Crippen molar-refractivity contribution < 1.29 is 9.59 Å². The smallest absolute Gasteiger partial charge is 0.277 e. The Morgan fingerprint density at radius 2 is 1.63 bits per heavy atom. The highest BCUT2D eigenvalue weighted by molar-refractivity contribution is 6.35. The molecule has 1 aromatic heterocycles. The third-order valence-electron chi connectivity index (χ3n) is 5.56. The average molecular weight is 406 g/mol. The molecule has 0 saturated carbocycles. The lowest BCUT2D eigenvalue weighted by Gasteiger charge is -2.25. The number of unbranched alkanes of at least 4 members (excludes halogenated alkanes) is 3. The second-order valence-corrected chi connectivity index (χ2v) is 7.60. The summed E-state index contributed by atoms with van der Waals surface area (Å²) >= 11 is 0. The van der Waals surface area contributed by atoms with Crippen LogP contribution in [0.3, 0.4) is 0 Å². The molecule has 0 unspecified atom stereocenters. The van der Waals surface area contributed by atoms with Gasteiger partial charge in [0.15, 0.2) is 0 Å². The van der Waals surface area contributed by atoms with Crippen LogP contribution in [0.2, 0.25) is 0 Å². The number of carbonyl (C=O) groups is 2. The molecule has 0 spiro atoms. The number of imide groups is 1. The number of hydrogen-bond acceptors (Lipinski definition) is 4. The summed E-state index contributed by atoms with van der Waals surface area (Å²) in [6, 6.07) is 13.6. The van der Waals surface area contributed by atoms with Crippen molar-refractivity contribution in [1.82, 2.24) is 14.8 Å². The topological polar surface area (TPSA) is 53.5 Å². The minimum Gasteiger partial charge on any atom is -0.366 e. The first kappa shape index (κ1) is 21.8. The van der Waals surface area contributed by atoms with Gasteiger partial charge in [0.25, 0.3) is 11.8 Å². The zero-order valence-electron chi connectivity index (χ0n) is 18.0. The van der Waals surface area contributed by atoms with Crippen LogP contribution in [0.4, 0.5) is 0 Å². The number of amides is 2.